The zero-order valence-electron chi connectivity index (χ0n) is 9.82. The number of hydrogen-bond acceptors (Lipinski definition) is 7. The normalized spacial score (nSPS) is 11.3. The highest BCUT2D eigenvalue weighted by atomic mass is 32.1. The number of thiophene rings is 1. The number of rotatable bonds is 7. The molecule has 0 radical (unpaired) electrons. The standard InChI is InChI=1S/C11H15N3O3S/c15-5-3-14(4-6-16)8-10-12-13-11(17-10)9-2-1-7-18-9/h1-2,7,15-16H,3-6,8H2. The molecule has 2 aromatic rings. The Morgan fingerprint density at radius 1 is 1.22 bits per heavy atom. The van der Waals surface area contributed by atoms with Gasteiger partial charge in [-0.25, -0.2) is 0 Å². The first-order valence-electron chi connectivity index (χ1n) is 5.64. The van der Waals surface area contributed by atoms with Crippen molar-refractivity contribution in [3.05, 3.63) is 23.4 Å². The zero-order chi connectivity index (χ0) is 12.8. The summed E-state index contributed by atoms with van der Waals surface area (Å²) in [5.74, 6) is 0.994. The van der Waals surface area contributed by atoms with Gasteiger partial charge >= 0.3 is 0 Å². The van der Waals surface area contributed by atoms with Crippen LogP contribution in [0, 0.1) is 0 Å². The SMILES string of the molecule is OCCN(CCO)Cc1nnc(-c2cccs2)o1. The maximum atomic E-state index is 8.91. The zero-order valence-corrected chi connectivity index (χ0v) is 10.6. The number of aliphatic hydroxyl groups is 2. The van der Waals surface area contributed by atoms with Gasteiger partial charge in [0, 0.05) is 13.1 Å². The third-order valence-corrected chi connectivity index (χ3v) is 3.25. The van der Waals surface area contributed by atoms with Gasteiger partial charge in [-0.15, -0.1) is 21.5 Å². The first kappa shape index (κ1) is 13.2. The van der Waals surface area contributed by atoms with Crippen molar-refractivity contribution in [1.29, 1.82) is 0 Å². The molecule has 2 heterocycles. The lowest BCUT2D eigenvalue weighted by molar-refractivity contribution is 0.147. The number of aliphatic hydroxyl groups excluding tert-OH is 2. The van der Waals surface area contributed by atoms with Gasteiger partial charge in [-0.2, -0.15) is 0 Å². The second-order valence-corrected chi connectivity index (χ2v) is 4.65. The van der Waals surface area contributed by atoms with Gasteiger partial charge in [0.05, 0.1) is 24.6 Å². The summed E-state index contributed by atoms with van der Waals surface area (Å²) in [6.07, 6.45) is 0. The van der Waals surface area contributed by atoms with Gasteiger partial charge < -0.3 is 14.6 Å². The van der Waals surface area contributed by atoms with E-state index in [1.807, 2.05) is 22.4 Å². The monoisotopic (exact) mass is 269 g/mol. The maximum absolute atomic E-state index is 8.91. The maximum Gasteiger partial charge on any atom is 0.257 e. The van der Waals surface area contributed by atoms with E-state index in [0.29, 0.717) is 31.4 Å². The van der Waals surface area contributed by atoms with E-state index in [0.717, 1.165) is 4.88 Å². The van der Waals surface area contributed by atoms with E-state index in [9.17, 15) is 0 Å². The van der Waals surface area contributed by atoms with Crippen LogP contribution in [0.5, 0.6) is 0 Å². The Balaban J connectivity index is 2.01. The lowest BCUT2D eigenvalue weighted by Crippen LogP contribution is -2.29. The molecule has 6 nitrogen and oxygen atoms in total. The molecule has 0 aromatic carbocycles. The van der Waals surface area contributed by atoms with Crippen LogP contribution in [0.15, 0.2) is 21.9 Å². The molecule has 2 N–H and O–H groups in total. The van der Waals surface area contributed by atoms with Crippen molar-refractivity contribution in [2.45, 2.75) is 6.54 Å². The largest absolute Gasteiger partial charge is 0.419 e. The van der Waals surface area contributed by atoms with E-state index >= 15 is 0 Å². The molecule has 2 rings (SSSR count). The molecule has 0 atom stereocenters. The van der Waals surface area contributed by atoms with Gasteiger partial charge in [-0.05, 0) is 11.4 Å². The van der Waals surface area contributed by atoms with Crippen molar-refractivity contribution in [2.24, 2.45) is 0 Å². The van der Waals surface area contributed by atoms with Crippen LogP contribution in [0.3, 0.4) is 0 Å². The van der Waals surface area contributed by atoms with Gasteiger partial charge in [0.15, 0.2) is 0 Å². The smallest absolute Gasteiger partial charge is 0.257 e. The summed E-state index contributed by atoms with van der Waals surface area (Å²) in [7, 11) is 0. The molecule has 0 aliphatic carbocycles. The van der Waals surface area contributed by atoms with Gasteiger partial charge in [0.25, 0.3) is 5.89 Å². The molecule has 0 saturated heterocycles. The molecular formula is C11H15N3O3S. The summed E-state index contributed by atoms with van der Waals surface area (Å²) in [5.41, 5.74) is 0. The lowest BCUT2D eigenvalue weighted by atomic mass is 10.4. The van der Waals surface area contributed by atoms with Crippen LogP contribution >= 0.6 is 11.3 Å². The molecule has 0 unspecified atom stereocenters. The van der Waals surface area contributed by atoms with Crippen LogP contribution in [0.25, 0.3) is 10.8 Å². The lowest BCUT2D eigenvalue weighted by Gasteiger charge is -2.17. The Morgan fingerprint density at radius 3 is 2.61 bits per heavy atom. The molecule has 18 heavy (non-hydrogen) atoms. The molecule has 0 bridgehead atoms. The second-order valence-electron chi connectivity index (χ2n) is 3.70. The molecule has 0 amide bonds. The third kappa shape index (κ3) is 3.36. The van der Waals surface area contributed by atoms with Gasteiger partial charge in [0.2, 0.25) is 5.89 Å². The van der Waals surface area contributed by atoms with E-state index in [1.54, 1.807) is 0 Å². The Hall–Kier alpha value is -1.28. The van der Waals surface area contributed by atoms with Crippen molar-refractivity contribution in [3.63, 3.8) is 0 Å². The molecule has 0 spiro atoms. The van der Waals surface area contributed by atoms with Crippen LogP contribution in [0.2, 0.25) is 0 Å². The first-order chi connectivity index (χ1) is 8.83. The van der Waals surface area contributed by atoms with Gasteiger partial charge in [-0.1, -0.05) is 6.07 Å². The van der Waals surface area contributed by atoms with Crippen LogP contribution in [0.4, 0.5) is 0 Å². The van der Waals surface area contributed by atoms with Gasteiger partial charge in [-0.3, -0.25) is 4.90 Å². The second kappa shape index (κ2) is 6.60. The molecule has 0 aliphatic rings. The fraction of sp³-hybridized carbons (Fsp3) is 0.455. The topological polar surface area (TPSA) is 82.6 Å². The van der Waals surface area contributed by atoms with Crippen LogP contribution in [-0.4, -0.2) is 51.6 Å². The minimum atomic E-state index is 0.0336. The summed E-state index contributed by atoms with van der Waals surface area (Å²) in [6.45, 7) is 1.44. The number of nitrogens with zero attached hydrogens (tertiary/aromatic N) is 3. The van der Waals surface area contributed by atoms with E-state index < -0.39 is 0 Å². The summed E-state index contributed by atoms with van der Waals surface area (Å²) in [5, 5.41) is 27.7. The molecule has 7 heteroatoms. The van der Waals surface area contributed by atoms with E-state index in [1.165, 1.54) is 11.3 Å². The minimum absolute atomic E-state index is 0.0336. The first-order valence-corrected chi connectivity index (χ1v) is 6.51. The van der Waals surface area contributed by atoms with Gasteiger partial charge in [0.1, 0.15) is 0 Å². The van der Waals surface area contributed by atoms with E-state index in [2.05, 4.69) is 10.2 Å². The Kier molecular flexibility index (Phi) is 4.82. The molecule has 98 valence electrons. The van der Waals surface area contributed by atoms with Crippen molar-refractivity contribution in [1.82, 2.24) is 15.1 Å². The summed E-state index contributed by atoms with van der Waals surface area (Å²) >= 11 is 1.54. The van der Waals surface area contributed by atoms with Crippen LogP contribution < -0.4 is 0 Å². The molecule has 0 saturated carbocycles. The number of hydrogen-bond donors (Lipinski definition) is 2. The van der Waals surface area contributed by atoms with E-state index in [4.69, 9.17) is 14.6 Å². The average molecular weight is 269 g/mol. The quantitative estimate of drug-likeness (QED) is 0.765. The minimum Gasteiger partial charge on any atom is -0.419 e. The predicted octanol–water partition coefficient (Wildman–Crippen LogP) is 0.585. The van der Waals surface area contributed by atoms with Crippen molar-refractivity contribution in [2.75, 3.05) is 26.3 Å². The Bertz CT molecular complexity index is 452. The highest BCUT2D eigenvalue weighted by molar-refractivity contribution is 7.13. The average Bonchev–Trinajstić information content (AvgIpc) is 2.98. The fourth-order valence-electron chi connectivity index (χ4n) is 1.56. The van der Waals surface area contributed by atoms with Crippen molar-refractivity contribution >= 4 is 11.3 Å². The highest BCUT2D eigenvalue weighted by Gasteiger charge is 2.12. The van der Waals surface area contributed by atoms with Crippen molar-refractivity contribution in [3.8, 4) is 10.8 Å². The number of aromatic nitrogens is 2. The third-order valence-electron chi connectivity index (χ3n) is 2.39. The Morgan fingerprint density at radius 2 is 2.00 bits per heavy atom. The predicted molar refractivity (Wildman–Crippen MR) is 67.1 cm³/mol. The van der Waals surface area contributed by atoms with Crippen LogP contribution in [-0.2, 0) is 6.54 Å². The molecular weight excluding hydrogens is 254 g/mol. The summed E-state index contributed by atoms with van der Waals surface area (Å²) in [4.78, 5) is 2.79. The molecule has 0 aliphatic heterocycles. The Labute approximate surface area is 109 Å². The van der Waals surface area contributed by atoms with Crippen molar-refractivity contribution < 1.29 is 14.6 Å². The fourth-order valence-corrected chi connectivity index (χ4v) is 2.21. The van der Waals surface area contributed by atoms with Crippen LogP contribution in [0.1, 0.15) is 5.89 Å². The summed E-state index contributed by atoms with van der Waals surface area (Å²) < 4.78 is 5.53. The molecule has 0 fully saturated rings. The summed E-state index contributed by atoms with van der Waals surface area (Å²) in [6, 6.07) is 3.84. The van der Waals surface area contributed by atoms with E-state index in [-0.39, 0.29) is 13.2 Å². The highest BCUT2D eigenvalue weighted by Crippen LogP contribution is 2.23. The molecule has 2 aromatic heterocycles.